The molecule has 0 aliphatic rings. The van der Waals surface area contributed by atoms with Gasteiger partial charge in [-0.05, 0) is 43.6 Å². The zero-order valence-electron chi connectivity index (χ0n) is 13.3. The van der Waals surface area contributed by atoms with E-state index in [2.05, 4.69) is 66.1 Å². The number of rotatable bonds is 8. The van der Waals surface area contributed by atoms with E-state index in [1.807, 2.05) is 7.05 Å². The van der Waals surface area contributed by atoms with E-state index in [0.717, 1.165) is 19.4 Å². The third kappa shape index (κ3) is 4.43. The van der Waals surface area contributed by atoms with Gasteiger partial charge in [-0.3, -0.25) is 4.79 Å². The van der Waals surface area contributed by atoms with Crippen LogP contribution in [-0.2, 0) is 4.79 Å². The largest absolute Gasteiger partial charge is 0.358 e. The summed E-state index contributed by atoms with van der Waals surface area (Å²) in [6.07, 6.45) is 1.77. The highest BCUT2D eigenvalue weighted by atomic mass is 16.1. The molecule has 2 N–H and O–H groups in total. The molecular weight excluding hydrogens is 272 g/mol. The van der Waals surface area contributed by atoms with Crippen LogP contribution < -0.4 is 10.6 Å². The van der Waals surface area contributed by atoms with Gasteiger partial charge in [0.15, 0.2) is 0 Å². The van der Waals surface area contributed by atoms with Crippen LogP contribution in [0.5, 0.6) is 0 Å². The molecule has 116 valence electrons. The maximum Gasteiger partial charge on any atom is 0.207 e. The van der Waals surface area contributed by atoms with Crippen molar-refractivity contribution in [3.05, 3.63) is 59.7 Å². The van der Waals surface area contributed by atoms with Gasteiger partial charge in [0.25, 0.3) is 0 Å². The minimum atomic E-state index is 0.337. The number of nitrogens with one attached hydrogen (secondary N) is 2. The smallest absolute Gasteiger partial charge is 0.207 e. The molecule has 0 aliphatic heterocycles. The van der Waals surface area contributed by atoms with Crippen LogP contribution in [0.1, 0.15) is 23.5 Å². The summed E-state index contributed by atoms with van der Waals surface area (Å²) < 4.78 is 0. The Morgan fingerprint density at radius 3 is 2.50 bits per heavy atom. The summed E-state index contributed by atoms with van der Waals surface area (Å²) in [6, 6.07) is 17.2. The summed E-state index contributed by atoms with van der Waals surface area (Å²) in [5, 5.41) is 5.97. The van der Waals surface area contributed by atoms with Crippen molar-refractivity contribution in [1.82, 2.24) is 10.6 Å². The minimum absolute atomic E-state index is 0.337. The SMILES string of the molecule is CNCCC(CNC=O)c1ccc(-c2cccc(C)c2)cc1. The topological polar surface area (TPSA) is 41.1 Å². The number of hydrogen-bond donors (Lipinski definition) is 2. The molecule has 1 atom stereocenters. The van der Waals surface area contributed by atoms with Crippen LogP contribution in [-0.4, -0.2) is 26.5 Å². The highest BCUT2D eigenvalue weighted by Crippen LogP contribution is 2.24. The lowest BCUT2D eigenvalue weighted by Gasteiger charge is -2.17. The van der Waals surface area contributed by atoms with Gasteiger partial charge < -0.3 is 10.6 Å². The van der Waals surface area contributed by atoms with Gasteiger partial charge in [-0.1, -0.05) is 54.1 Å². The van der Waals surface area contributed by atoms with E-state index in [1.54, 1.807) is 0 Å². The van der Waals surface area contributed by atoms with Crippen molar-refractivity contribution < 1.29 is 4.79 Å². The van der Waals surface area contributed by atoms with Crippen LogP contribution >= 0.6 is 0 Å². The minimum Gasteiger partial charge on any atom is -0.358 e. The first-order valence-corrected chi connectivity index (χ1v) is 7.73. The monoisotopic (exact) mass is 296 g/mol. The van der Waals surface area contributed by atoms with Gasteiger partial charge in [0, 0.05) is 12.5 Å². The first-order chi connectivity index (χ1) is 10.7. The Labute approximate surface area is 132 Å². The van der Waals surface area contributed by atoms with Gasteiger partial charge in [-0.2, -0.15) is 0 Å². The molecule has 0 radical (unpaired) electrons. The van der Waals surface area contributed by atoms with Crippen molar-refractivity contribution in [3.8, 4) is 11.1 Å². The molecular formula is C19H24N2O. The van der Waals surface area contributed by atoms with Crippen LogP contribution in [0.4, 0.5) is 0 Å². The summed E-state index contributed by atoms with van der Waals surface area (Å²) in [6.45, 7) is 3.72. The Kier molecular flexibility index (Phi) is 6.16. The maximum absolute atomic E-state index is 10.6. The van der Waals surface area contributed by atoms with Crippen LogP contribution in [0.25, 0.3) is 11.1 Å². The van der Waals surface area contributed by atoms with Crippen LogP contribution in [0, 0.1) is 6.92 Å². The van der Waals surface area contributed by atoms with Gasteiger partial charge in [-0.25, -0.2) is 0 Å². The number of benzene rings is 2. The first-order valence-electron chi connectivity index (χ1n) is 7.73. The second-order valence-electron chi connectivity index (χ2n) is 5.61. The lowest BCUT2D eigenvalue weighted by molar-refractivity contribution is -0.109. The standard InChI is InChI=1S/C19H24N2O/c1-15-4-3-5-18(12-15)16-6-8-17(9-7-16)19(10-11-20-2)13-21-14-22/h3-9,12,14,19-20H,10-11,13H2,1-2H3,(H,21,22). The number of carbonyl (C=O) groups excluding carboxylic acids is 1. The zero-order valence-corrected chi connectivity index (χ0v) is 13.3. The lowest BCUT2D eigenvalue weighted by Crippen LogP contribution is -2.23. The molecule has 2 rings (SSSR count). The summed E-state index contributed by atoms with van der Waals surface area (Å²) in [4.78, 5) is 10.6. The average Bonchev–Trinajstić information content (AvgIpc) is 2.55. The molecule has 0 saturated heterocycles. The molecule has 0 bridgehead atoms. The maximum atomic E-state index is 10.6. The van der Waals surface area contributed by atoms with E-state index in [-0.39, 0.29) is 0 Å². The molecule has 2 aromatic rings. The van der Waals surface area contributed by atoms with Gasteiger partial charge in [-0.15, -0.1) is 0 Å². The zero-order chi connectivity index (χ0) is 15.8. The van der Waals surface area contributed by atoms with Crippen molar-refractivity contribution in [2.24, 2.45) is 0 Å². The fourth-order valence-corrected chi connectivity index (χ4v) is 2.67. The summed E-state index contributed by atoms with van der Waals surface area (Å²) in [5.41, 5.74) is 5.00. The van der Waals surface area contributed by atoms with Crippen LogP contribution in [0.15, 0.2) is 48.5 Å². The third-order valence-corrected chi connectivity index (χ3v) is 3.92. The van der Waals surface area contributed by atoms with Gasteiger partial charge in [0.1, 0.15) is 0 Å². The predicted octanol–water partition coefficient (Wildman–Crippen LogP) is 3.10. The summed E-state index contributed by atoms with van der Waals surface area (Å²) in [5.74, 6) is 0.337. The van der Waals surface area contributed by atoms with Crippen molar-refractivity contribution >= 4 is 6.41 Å². The van der Waals surface area contributed by atoms with E-state index in [0.29, 0.717) is 12.5 Å². The van der Waals surface area contributed by atoms with E-state index < -0.39 is 0 Å². The van der Waals surface area contributed by atoms with Crippen molar-refractivity contribution in [3.63, 3.8) is 0 Å². The normalized spacial score (nSPS) is 11.9. The lowest BCUT2D eigenvalue weighted by atomic mass is 9.93. The van der Waals surface area contributed by atoms with E-state index in [9.17, 15) is 4.79 Å². The second kappa shape index (κ2) is 8.35. The van der Waals surface area contributed by atoms with E-state index in [1.165, 1.54) is 22.3 Å². The van der Waals surface area contributed by atoms with Crippen molar-refractivity contribution in [2.45, 2.75) is 19.3 Å². The highest BCUT2D eigenvalue weighted by Gasteiger charge is 2.11. The first kappa shape index (κ1) is 16.2. The molecule has 22 heavy (non-hydrogen) atoms. The Hall–Kier alpha value is -2.13. The molecule has 3 nitrogen and oxygen atoms in total. The quantitative estimate of drug-likeness (QED) is 0.735. The fraction of sp³-hybridized carbons (Fsp3) is 0.316. The molecule has 0 saturated carbocycles. The van der Waals surface area contributed by atoms with Crippen molar-refractivity contribution in [2.75, 3.05) is 20.1 Å². The van der Waals surface area contributed by atoms with Crippen molar-refractivity contribution in [1.29, 1.82) is 0 Å². The average molecular weight is 296 g/mol. The number of hydrogen-bond acceptors (Lipinski definition) is 2. The molecule has 0 heterocycles. The molecule has 1 amide bonds. The summed E-state index contributed by atoms with van der Waals surface area (Å²) in [7, 11) is 1.95. The molecule has 2 aromatic carbocycles. The van der Waals surface area contributed by atoms with Gasteiger partial charge in [0.2, 0.25) is 6.41 Å². The Morgan fingerprint density at radius 1 is 1.09 bits per heavy atom. The fourth-order valence-electron chi connectivity index (χ4n) is 2.67. The molecule has 0 aliphatic carbocycles. The molecule has 0 spiro atoms. The predicted molar refractivity (Wildman–Crippen MR) is 92.0 cm³/mol. The third-order valence-electron chi connectivity index (χ3n) is 3.92. The highest BCUT2D eigenvalue weighted by molar-refractivity contribution is 5.64. The molecule has 0 fully saturated rings. The molecule has 3 heteroatoms. The molecule has 0 aromatic heterocycles. The van der Waals surface area contributed by atoms with Crippen LogP contribution in [0.3, 0.4) is 0 Å². The Bertz CT molecular complexity index is 593. The Morgan fingerprint density at radius 2 is 1.86 bits per heavy atom. The number of carbonyl (C=O) groups is 1. The van der Waals surface area contributed by atoms with Crippen LogP contribution in [0.2, 0.25) is 0 Å². The van der Waals surface area contributed by atoms with E-state index in [4.69, 9.17) is 0 Å². The van der Waals surface area contributed by atoms with Gasteiger partial charge >= 0.3 is 0 Å². The number of aryl methyl sites for hydroxylation is 1. The Balaban J connectivity index is 2.15. The number of amides is 1. The summed E-state index contributed by atoms with van der Waals surface area (Å²) >= 11 is 0. The molecule has 1 unspecified atom stereocenters. The second-order valence-corrected chi connectivity index (χ2v) is 5.61. The van der Waals surface area contributed by atoms with Gasteiger partial charge in [0.05, 0.1) is 0 Å². The van der Waals surface area contributed by atoms with E-state index >= 15 is 0 Å².